The summed E-state index contributed by atoms with van der Waals surface area (Å²) in [5, 5.41) is 8.55. The number of amides is 1. The van der Waals surface area contributed by atoms with Crippen molar-refractivity contribution in [1.82, 2.24) is 5.48 Å². The fourth-order valence-corrected chi connectivity index (χ4v) is 2.09. The molecule has 7 heteroatoms. The highest BCUT2D eigenvalue weighted by molar-refractivity contribution is 5.91. The van der Waals surface area contributed by atoms with Gasteiger partial charge in [0.25, 0.3) is 5.91 Å². The Morgan fingerprint density at radius 2 is 1.58 bits per heavy atom. The molecule has 0 aliphatic rings. The molecule has 2 aromatic carbocycles. The van der Waals surface area contributed by atoms with Gasteiger partial charge in [0, 0.05) is 17.7 Å². The van der Waals surface area contributed by atoms with Gasteiger partial charge in [-0.25, -0.2) is 5.48 Å². The number of hydrogen-bond acceptors (Lipinski definition) is 6. The molecular weight excluding hydrogens is 338 g/mol. The molecule has 0 bridgehead atoms. The molecule has 0 atom stereocenters. The van der Waals surface area contributed by atoms with Crippen molar-refractivity contribution in [2.24, 2.45) is 0 Å². The van der Waals surface area contributed by atoms with Gasteiger partial charge in [0.15, 0.2) is 0 Å². The SMILES string of the molecule is COc1ccc(OCCOc2cc(OC)ccc2/C=C/C(=O)NO)cc1. The average Bonchev–Trinajstić information content (AvgIpc) is 2.70. The van der Waals surface area contributed by atoms with Crippen LogP contribution in [0.5, 0.6) is 23.0 Å². The lowest BCUT2D eigenvalue weighted by molar-refractivity contribution is -0.124. The second-order valence-corrected chi connectivity index (χ2v) is 5.09. The molecule has 1 amide bonds. The number of carbonyl (C=O) groups is 1. The van der Waals surface area contributed by atoms with Gasteiger partial charge >= 0.3 is 0 Å². The third-order valence-electron chi connectivity index (χ3n) is 3.41. The number of nitrogens with one attached hydrogen (secondary N) is 1. The molecular formula is C19H21NO6. The first-order valence-electron chi connectivity index (χ1n) is 7.86. The van der Waals surface area contributed by atoms with Crippen LogP contribution < -0.4 is 24.4 Å². The van der Waals surface area contributed by atoms with Gasteiger partial charge in [-0.3, -0.25) is 10.0 Å². The third kappa shape index (κ3) is 5.71. The molecule has 0 aromatic heterocycles. The molecule has 2 rings (SSSR count). The number of rotatable bonds is 9. The molecule has 0 saturated heterocycles. The lowest BCUT2D eigenvalue weighted by Crippen LogP contribution is -2.14. The van der Waals surface area contributed by atoms with Gasteiger partial charge < -0.3 is 18.9 Å². The topological polar surface area (TPSA) is 86.2 Å². The highest BCUT2D eigenvalue weighted by Crippen LogP contribution is 2.26. The zero-order chi connectivity index (χ0) is 18.8. The smallest absolute Gasteiger partial charge is 0.267 e. The maximum Gasteiger partial charge on any atom is 0.267 e. The Morgan fingerprint density at radius 1 is 0.962 bits per heavy atom. The highest BCUT2D eigenvalue weighted by atomic mass is 16.5. The van der Waals surface area contributed by atoms with Crippen LogP contribution in [-0.4, -0.2) is 38.5 Å². The van der Waals surface area contributed by atoms with Gasteiger partial charge in [0.1, 0.15) is 36.2 Å². The van der Waals surface area contributed by atoms with Gasteiger partial charge in [-0.15, -0.1) is 0 Å². The predicted molar refractivity (Wildman–Crippen MR) is 95.9 cm³/mol. The van der Waals surface area contributed by atoms with Crippen molar-refractivity contribution in [2.75, 3.05) is 27.4 Å². The quantitative estimate of drug-likeness (QED) is 0.310. The van der Waals surface area contributed by atoms with Crippen LogP contribution in [0.1, 0.15) is 5.56 Å². The molecule has 0 fully saturated rings. The van der Waals surface area contributed by atoms with E-state index in [1.165, 1.54) is 17.6 Å². The molecule has 2 aromatic rings. The van der Waals surface area contributed by atoms with Crippen LogP contribution in [0.2, 0.25) is 0 Å². The van der Waals surface area contributed by atoms with Gasteiger partial charge in [-0.2, -0.15) is 0 Å². The molecule has 7 nitrogen and oxygen atoms in total. The Kier molecular flexibility index (Phi) is 7.32. The Labute approximate surface area is 151 Å². The highest BCUT2D eigenvalue weighted by Gasteiger charge is 2.05. The Hall–Kier alpha value is -3.19. The minimum atomic E-state index is -0.630. The van der Waals surface area contributed by atoms with E-state index in [0.29, 0.717) is 36.0 Å². The molecule has 0 aliphatic carbocycles. The van der Waals surface area contributed by atoms with E-state index in [0.717, 1.165) is 5.75 Å². The summed E-state index contributed by atoms with van der Waals surface area (Å²) in [5.41, 5.74) is 2.20. The van der Waals surface area contributed by atoms with Crippen molar-refractivity contribution in [2.45, 2.75) is 0 Å². The first-order chi connectivity index (χ1) is 12.7. The fraction of sp³-hybridized carbons (Fsp3) is 0.211. The van der Waals surface area contributed by atoms with E-state index in [2.05, 4.69) is 0 Å². The number of methoxy groups -OCH3 is 2. The normalized spacial score (nSPS) is 10.4. The third-order valence-corrected chi connectivity index (χ3v) is 3.41. The van der Waals surface area contributed by atoms with Crippen molar-refractivity contribution in [1.29, 1.82) is 0 Å². The van der Waals surface area contributed by atoms with E-state index in [1.807, 2.05) is 24.3 Å². The van der Waals surface area contributed by atoms with E-state index in [9.17, 15) is 4.79 Å². The summed E-state index contributed by atoms with van der Waals surface area (Å²) in [6.07, 6.45) is 2.73. The van der Waals surface area contributed by atoms with Crippen molar-refractivity contribution in [3.05, 3.63) is 54.1 Å². The van der Waals surface area contributed by atoms with E-state index >= 15 is 0 Å². The minimum Gasteiger partial charge on any atom is -0.497 e. The molecule has 0 heterocycles. The summed E-state index contributed by atoms with van der Waals surface area (Å²) in [6.45, 7) is 0.635. The first-order valence-corrected chi connectivity index (χ1v) is 7.86. The molecule has 0 saturated carbocycles. The summed E-state index contributed by atoms with van der Waals surface area (Å²) in [6, 6.07) is 12.5. The molecule has 0 radical (unpaired) electrons. The summed E-state index contributed by atoms with van der Waals surface area (Å²) >= 11 is 0. The average molecular weight is 359 g/mol. The van der Waals surface area contributed by atoms with Gasteiger partial charge in [0.05, 0.1) is 14.2 Å². The van der Waals surface area contributed by atoms with Crippen molar-refractivity contribution in [3.8, 4) is 23.0 Å². The number of hydroxylamine groups is 1. The summed E-state index contributed by atoms with van der Waals surface area (Å²) in [5.74, 6) is 1.99. The predicted octanol–water partition coefficient (Wildman–Crippen LogP) is 2.68. The van der Waals surface area contributed by atoms with Crippen LogP contribution in [0.3, 0.4) is 0 Å². The van der Waals surface area contributed by atoms with Gasteiger partial charge in [-0.1, -0.05) is 0 Å². The Bertz CT molecular complexity index is 742. The fourth-order valence-electron chi connectivity index (χ4n) is 2.09. The zero-order valence-electron chi connectivity index (χ0n) is 14.6. The largest absolute Gasteiger partial charge is 0.497 e. The molecule has 0 unspecified atom stereocenters. The standard InChI is InChI=1S/C19H21NO6/c1-23-15-6-8-16(9-7-15)25-11-12-26-18-13-17(24-2)5-3-14(18)4-10-19(21)20-22/h3-10,13,22H,11-12H2,1-2H3,(H,20,21)/b10-4+. The van der Waals surface area contributed by atoms with Crippen molar-refractivity contribution < 1.29 is 28.9 Å². The Balaban J connectivity index is 1.95. The summed E-state index contributed by atoms with van der Waals surface area (Å²) in [7, 11) is 3.16. The molecule has 2 N–H and O–H groups in total. The number of carbonyl (C=O) groups excluding carboxylic acids is 1. The van der Waals surface area contributed by atoms with Crippen LogP contribution in [0, 0.1) is 0 Å². The molecule has 0 aliphatic heterocycles. The first kappa shape index (κ1) is 19.1. The van der Waals surface area contributed by atoms with Crippen LogP contribution in [0.4, 0.5) is 0 Å². The number of ether oxygens (including phenoxy) is 4. The van der Waals surface area contributed by atoms with E-state index in [4.69, 9.17) is 24.2 Å². The maximum atomic E-state index is 11.1. The van der Waals surface area contributed by atoms with E-state index in [-0.39, 0.29) is 0 Å². The number of hydrogen-bond donors (Lipinski definition) is 2. The summed E-state index contributed by atoms with van der Waals surface area (Å²) < 4.78 is 21.6. The lowest BCUT2D eigenvalue weighted by Gasteiger charge is -2.12. The molecule has 138 valence electrons. The second kappa shape index (κ2) is 9.95. The van der Waals surface area contributed by atoms with Crippen LogP contribution in [-0.2, 0) is 4.79 Å². The molecule has 0 spiro atoms. The zero-order valence-corrected chi connectivity index (χ0v) is 14.6. The van der Waals surface area contributed by atoms with Crippen LogP contribution in [0.25, 0.3) is 6.08 Å². The maximum absolute atomic E-state index is 11.1. The number of benzene rings is 2. The van der Waals surface area contributed by atoms with Crippen molar-refractivity contribution in [3.63, 3.8) is 0 Å². The van der Waals surface area contributed by atoms with Gasteiger partial charge in [0.2, 0.25) is 0 Å². The molecule has 26 heavy (non-hydrogen) atoms. The Morgan fingerprint density at radius 3 is 2.23 bits per heavy atom. The van der Waals surface area contributed by atoms with Crippen molar-refractivity contribution >= 4 is 12.0 Å². The minimum absolute atomic E-state index is 0.298. The monoisotopic (exact) mass is 359 g/mol. The summed E-state index contributed by atoms with van der Waals surface area (Å²) in [4.78, 5) is 11.1. The lowest BCUT2D eigenvalue weighted by atomic mass is 10.1. The van der Waals surface area contributed by atoms with Gasteiger partial charge in [-0.05, 0) is 42.5 Å². The van der Waals surface area contributed by atoms with Crippen LogP contribution in [0.15, 0.2) is 48.5 Å². The van der Waals surface area contributed by atoms with E-state index < -0.39 is 5.91 Å². The van der Waals surface area contributed by atoms with E-state index in [1.54, 1.807) is 32.4 Å². The second-order valence-electron chi connectivity index (χ2n) is 5.09. The van der Waals surface area contributed by atoms with Crippen LogP contribution >= 0.6 is 0 Å².